The molecule has 2 aromatic heterocycles. The molecule has 0 radical (unpaired) electrons. The van der Waals surface area contributed by atoms with Crippen LogP contribution < -0.4 is 0 Å². The molecule has 120 valence electrons. The minimum Gasteiger partial charge on any atom is -0.335 e. The Morgan fingerprint density at radius 1 is 1.17 bits per heavy atom. The van der Waals surface area contributed by atoms with Crippen molar-refractivity contribution in [3.8, 4) is 5.69 Å². The molecule has 0 atom stereocenters. The Hall–Kier alpha value is -2.80. The van der Waals surface area contributed by atoms with Gasteiger partial charge in [-0.3, -0.25) is 4.79 Å². The third kappa shape index (κ3) is 2.74. The summed E-state index contributed by atoms with van der Waals surface area (Å²) < 4.78 is 1.52. The van der Waals surface area contributed by atoms with Crippen LogP contribution >= 0.6 is 11.3 Å². The van der Waals surface area contributed by atoms with Crippen molar-refractivity contribution in [2.45, 2.75) is 6.42 Å². The highest BCUT2D eigenvalue weighted by molar-refractivity contribution is 7.11. The molecule has 6 nitrogen and oxygen atoms in total. The Morgan fingerprint density at radius 2 is 2.08 bits per heavy atom. The van der Waals surface area contributed by atoms with E-state index in [2.05, 4.69) is 39.1 Å². The number of rotatable bonds is 3. The molecule has 0 saturated carbocycles. The van der Waals surface area contributed by atoms with Gasteiger partial charge in [-0.1, -0.05) is 24.3 Å². The minimum atomic E-state index is 0.00239. The molecule has 24 heavy (non-hydrogen) atoms. The van der Waals surface area contributed by atoms with E-state index < -0.39 is 0 Å². The van der Waals surface area contributed by atoms with Crippen molar-refractivity contribution < 1.29 is 4.79 Å². The van der Waals surface area contributed by atoms with E-state index in [1.807, 2.05) is 29.2 Å². The van der Waals surface area contributed by atoms with Gasteiger partial charge >= 0.3 is 0 Å². The van der Waals surface area contributed by atoms with E-state index in [1.165, 1.54) is 21.5 Å². The van der Waals surface area contributed by atoms with Crippen LogP contribution in [-0.4, -0.2) is 44.1 Å². The zero-order valence-electron chi connectivity index (χ0n) is 12.9. The van der Waals surface area contributed by atoms with Crippen LogP contribution in [0.4, 0.5) is 0 Å². The molecule has 4 rings (SSSR count). The number of carbonyl (C=O) groups excluding carboxylic acids is 1. The summed E-state index contributed by atoms with van der Waals surface area (Å²) in [7, 11) is 0. The summed E-state index contributed by atoms with van der Waals surface area (Å²) in [5, 5.41) is 13.3. The fraction of sp³-hybridized carbons (Fsp3) is 0.176. The van der Waals surface area contributed by atoms with Crippen molar-refractivity contribution >= 4 is 22.8 Å². The van der Waals surface area contributed by atoms with Gasteiger partial charge in [-0.05, 0) is 46.0 Å². The highest BCUT2D eigenvalue weighted by Gasteiger charge is 2.22. The van der Waals surface area contributed by atoms with Crippen molar-refractivity contribution in [1.29, 1.82) is 0 Å². The number of aromatic nitrogens is 4. The van der Waals surface area contributed by atoms with Crippen molar-refractivity contribution in [1.82, 2.24) is 25.1 Å². The smallest absolute Gasteiger partial charge is 0.256 e. The van der Waals surface area contributed by atoms with Gasteiger partial charge in [-0.2, -0.15) is 4.68 Å². The fourth-order valence-electron chi connectivity index (χ4n) is 2.83. The van der Waals surface area contributed by atoms with Crippen molar-refractivity contribution in [3.63, 3.8) is 0 Å². The lowest BCUT2D eigenvalue weighted by molar-refractivity contribution is 0.0773. The number of nitrogens with zero attached hydrogens (tertiary/aromatic N) is 5. The van der Waals surface area contributed by atoms with Gasteiger partial charge in [0.25, 0.3) is 5.91 Å². The number of hydrogen-bond acceptors (Lipinski definition) is 5. The number of para-hydroxylation sites is 1. The first-order valence-electron chi connectivity index (χ1n) is 7.67. The Morgan fingerprint density at radius 3 is 2.79 bits per heavy atom. The maximum absolute atomic E-state index is 12.9. The standard InChI is InChI=1S/C17H15N5OS/c23-17(14-4-1-2-5-15(14)22-12-18-19-20-22)21-9-7-13(8-10-21)16-6-3-11-24-16/h1-7,11-12H,8-10H2. The number of thiophene rings is 1. The van der Waals surface area contributed by atoms with E-state index in [0.717, 1.165) is 6.42 Å². The number of carbonyl (C=O) groups is 1. The fourth-order valence-corrected chi connectivity index (χ4v) is 3.63. The first-order valence-corrected chi connectivity index (χ1v) is 8.55. The van der Waals surface area contributed by atoms with Gasteiger partial charge in [-0.15, -0.1) is 16.4 Å². The molecule has 0 fully saturated rings. The molecule has 1 aliphatic rings. The van der Waals surface area contributed by atoms with Crippen LogP contribution in [0.5, 0.6) is 0 Å². The second-order valence-corrected chi connectivity index (χ2v) is 6.43. The lowest BCUT2D eigenvalue weighted by Crippen LogP contribution is -2.35. The predicted molar refractivity (Wildman–Crippen MR) is 92.0 cm³/mol. The van der Waals surface area contributed by atoms with Crippen LogP contribution in [0.2, 0.25) is 0 Å². The summed E-state index contributed by atoms with van der Waals surface area (Å²) in [6.45, 7) is 1.34. The lowest BCUT2D eigenvalue weighted by atomic mass is 10.0. The molecule has 3 aromatic rings. The largest absolute Gasteiger partial charge is 0.335 e. The highest BCUT2D eigenvalue weighted by Crippen LogP contribution is 2.27. The van der Waals surface area contributed by atoms with Gasteiger partial charge < -0.3 is 4.90 Å². The molecule has 0 spiro atoms. The Kier molecular flexibility index (Phi) is 3.92. The Labute approximate surface area is 143 Å². The number of tetrazole rings is 1. The van der Waals surface area contributed by atoms with Crippen molar-refractivity contribution in [2.24, 2.45) is 0 Å². The molecule has 0 unspecified atom stereocenters. The van der Waals surface area contributed by atoms with E-state index in [9.17, 15) is 4.79 Å². The van der Waals surface area contributed by atoms with E-state index in [1.54, 1.807) is 11.3 Å². The predicted octanol–water partition coefficient (Wildman–Crippen LogP) is 2.65. The summed E-state index contributed by atoms with van der Waals surface area (Å²) in [5.41, 5.74) is 2.63. The molecule has 7 heteroatoms. The van der Waals surface area contributed by atoms with Crippen LogP contribution in [0.1, 0.15) is 21.7 Å². The van der Waals surface area contributed by atoms with E-state index in [0.29, 0.717) is 24.3 Å². The third-order valence-corrected chi connectivity index (χ3v) is 5.01. The first-order chi connectivity index (χ1) is 11.8. The van der Waals surface area contributed by atoms with Crippen LogP contribution in [-0.2, 0) is 0 Å². The average Bonchev–Trinajstić information content (AvgIpc) is 3.35. The molecule has 0 bridgehead atoms. The van der Waals surface area contributed by atoms with Crippen molar-refractivity contribution in [3.05, 3.63) is 64.6 Å². The summed E-state index contributed by atoms with van der Waals surface area (Å²) in [6, 6.07) is 11.6. The van der Waals surface area contributed by atoms with E-state index >= 15 is 0 Å². The maximum atomic E-state index is 12.9. The molecular formula is C17H15N5OS. The molecular weight excluding hydrogens is 322 g/mol. The van der Waals surface area contributed by atoms with Crippen LogP contribution in [0.15, 0.2) is 54.2 Å². The quantitative estimate of drug-likeness (QED) is 0.737. The van der Waals surface area contributed by atoms with Crippen molar-refractivity contribution in [2.75, 3.05) is 13.1 Å². The maximum Gasteiger partial charge on any atom is 0.256 e. The highest BCUT2D eigenvalue weighted by atomic mass is 32.1. The van der Waals surface area contributed by atoms with E-state index in [4.69, 9.17) is 0 Å². The summed E-state index contributed by atoms with van der Waals surface area (Å²) in [6.07, 6.45) is 4.52. The SMILES string of the molecule is O=C(c1ccccc1-n1cnnn1)N1CC=C(c2cccs2)CC1. The zero-order valence-corrected chi connectivity index (χ0v) is 13.7. The topological polar surface area (TPSA) is 63.9 Å². The zero-order chi connectivity index (χ0) is 16.4. The molecule has 1 aromatic carbocycles. The van der Waals surface area contributed by atoms with Gasteiger partial charge in [0.2, 0.25) is 0 Å². The normalized spacial score (nSPS) is 14.5. The summed E-state index contributed by atoms with van der Waals surface area (Å²) >= 11 is 1.74. The molecule has 0 aliphatic carbocycles. The molecule has 3 heterocycles. The van der Waals surface area contributed by atoms with E-state index in [-0.39, 0.29) is 5.91 Å². The Bertz CT molecular complexity index is 870. The minimum absolute atomic E-state index is 0.00239. The third-order valence-electron chi connectivity index (χ3n) is 4.06. The average molecular weight is 337 g/mol. The van der Waals surface area contributed by atoms with Crippen LogP contribution in [0.25, 0.3) is 11.3 Å². The monoisotopic (exact) mass is 337 g/mol. The van der Waals surface area contributed by atoms with Gasteiger partial charge in [0.1, 0.15) is 6.33 Å². The van der Waals surface area contributed by atoms with Gasteiger partial charge in [0.05, 0.1) is 11.3 Å². The lowest BCUT2D eigenvalue weighted by Gasteiger charge is -2.27. The second kappa shape index (κ2) is 6.37. The van der Waals surface area contributed by atoms with Gasteiger partial charge in [0, 0.05) is 18.0 Å². The summed E-state index contributed by atoms with van der Waals surface area (Å²) in [4.78, 5) is 16.1. The summed E-state index contributed by atoms with van der Waals surface area (Å²) in [5.74, 6) is 0.00239. The number of benzene rings is 1. The van der Waals surface area contributed by atoms with Gasteiger partial charge in [0.15, 0.2) is 0 Å². The molecule has 0 N–H and O–H groups in total. The first kappa shape index (κ1) is 14.8. The second-order valence-electron chi connectivity index (χ2n) is 5.48. The number of hydrogen-bond donors (Lipinski definition) is 0. The molecule has 1 aliphatic heterocycles. The van der Waals surface area contributed by atoms with Crippen LogP contribution in [0.3, 0.4) is 0 Å². The Balaban J connectivity index is 1.58. The molecule has 0 saturated heterocycles. The number of amides is 1. The van der Waals surface area contributed by atoms with Crippen LogP contribution in [0, 0.1) is 0 Å². The molecule has 1 amide bonds. The van der Waals surface area contributed by atoms with Gasteiger partial charge in [-0.25, -0.2) is 0 Å².